The number of aliphatic imine (C=N–C) groups is 1. The molecule has 52 heavy (non-hydrogen) atoms. The summed E-state index contributed by atoms with van der Waals surface area (Å²) in [6, 6.07) is 0. The van der Waals surface area contributed by atoms with Gasteiger partial charge < -0.3 is 49.4 Å². The summed E-state index contributed by atoms with van der Waals surface area (Å²) in [4.78, 5) is 32.9. The fourth-order valence-electron chi connectivity index (χ4n) is 7.59. The maximum atomic E-state index is 14.2. The summed E-state index contributed by atoms with van der Waals surface area (Å²) in [6.45, 7) is 13.2. The second kappa shape index (κ2) is 14.4. The molecule has 7 rings (SSSR count). The number of carbonyl (C=O) groups excluding carboxylic acids is 2. The van der Waals surface area contributed by atoms with Gasteiger partial charge in [-0.25, -0.2) is 4.99 Å². The summed E-state index contributed by atoms with van der Waals surface area (Å²) >= 11 is 0. The highest BCUT2D eigenvalue weighted by Gasteiger charge is 2.50. The molecule has 5 aliphatic heterocycles. The van der Waals surface area contributed by atoms with Crippen LogP contribution in [0, 0.1) is 30.6 Å². The van der Waals surface area contributed by atoms with Crippen molar-refractivity contribution in [1.29, 1.82) is 0 Å². The molecule has 0 fully saturated rings. The molecule has 5 heterocycles. The van der Waals surface area contributed by atoms with E-state index in [-0.39, 0.29) is 57.1 Å². The fraction of sp³-hybridized carbons (Fsp3) is 0.513. The highest BCUT2D eigenvalue weighted by molar-refractivity contribution is 6.21. The fourth-order valence-corrected chi connectivity index (χ4v) is 7.59. The lowest BCUT2D eigenvalue weighted by Crippen LogP contribution is -2.46. The lowest BCUT2D eigenvalue weighted by atomic mass is 9.78. The smallest absolute Gasteiger partial charge is 0.312 e. The molecule has 0 amide bonds. The number of esters is 1. The number of aromatic hydroxyl groups is 3. The molecule has 5 N–H and O–H groups in total. The van der Waals surface area contributed by atoms with Gasteiger partial charge in [0.05, 0.1) is 42.1 Å². The van der Waals surface area contributed by atoms with Gasteiger partial charge in [0, 0.05) is 68.2 Å². The van der Waals surface area contributed by atoms with Crippen molar-refractivity contribution >= 4 is 34.0 Å². The van der Waals surface area contributed by atoms with Crippen LogP contribution in [0.3, 0.4) is 0 Å². The Morgan fingerprint density at radius 3 is 2.29 bits per heavy atom. The van der Waals surface area contributed by atoms with Crippen molar-refractivity contribution in [2.24, 2.45) is 28.7 Å². The Morgan fingerprint density at radius 2 is 1.65 bits per heavy atom. The zero-order chi connectivity index (χ0) is 38.6. The summed E-state index contributed by atoms with van der Waals surface area (Å²) in [5.41, 5.74) is 1.09. The van der Waals surface area contributed by atoms with E-state index in [1.54, 1.807) is 50.9 Å². The molecule has 13 nitrogen and oxygen atoms in total. The largest absolute Gasteiger partial charge is 0.507 e. The lowest BCUT2D eigenvalue weighted by Gasteiger charge is -2.38. The number of likely N-dealkylation sites (N-methyl/N-ethyl adjacent to an activating group) is 1. The number of amidine groups is 1. The van der Waals surface area contributed by atoms with E-state index in [9.17, 15) is 35.1 Å². The third kappa shape index (κ3) is 6.50. The number of hydrogen-bond acceptors (Lipinski definition) is 13. The number of phenolic OH excluding ortho intramolecular Hbond substituents is 3. The number of nitrogens with zero attached hydrogens (tertiary/aromatic N) is 2. The molecule has 9 atom stereocenters. The first-order valence-electron chi connectivity index (χ1n) is 17.4. The first-order chi connectivity index (χ1) is 24.4. The Labute approximate surface area is 303 Å². The van der Waals surface area contributed by atoms with Gasteiger partial charge in [0.15, 0.2) is 5.75 Å². The monoisotopic (exact) mass is 722 g/mol. The topological polar surface area (TPSA) is 188 Å². The quantitative estimate of drug-likeness (QED) is 0.199. The lowest BCUT2D eigenvalue weighted by molar-refractivity contribution is -0.160. The molecule has 0 saturated heterocycles. The van der Waals surface area contributed by atoms with Gasteiger partial charge in [-0.3, -0.25) is 9.59 Å². The van der Waals surface area contributed by atoms with E-state index in [1.165, 1.54) is 40.2 Å². The van der Waals surface area contributed by atoms with Crippen LogP contribution in [0.25, 0.3) is 10.8 Å². The van der Waals surface area contributed by atoms with E-state index in [2.05, 4.69) is 0 Å². The molecule has 0 spiro atoms. The van der Waals surface area contributed by atoms with Crippen LogP contribution in [0.5, 0.6) is 23.0 Å². The zero-order valence-corrected chi connectivity index (χ0v) is 31.3. The average molecular weight is 723 g/mol. The number of rotatable bonds is 2. The van der Waals surface area contributed by atoms with Crippen molar-refractivity contribution in [2.75, 3.05) is 14.2 Å². The molecule has 0 aromatic heterocycles. The molecule has 0 aliphatic carbocycles. The van der Waals surface area contributed by atoms with Crippen LogP contribution in [0.4, 0.5) is 5.69 Å². The van der Waals surface area contributed by atoms with Gasteiger partial charge >= 0.3 is 11.8 Å². The second-order valence-electron chi connectivity index (χ2n) is 14.5. The second-order valence-corrected chi connectivity index (χ2v) is 14.5. The van der Waals surface area contributed by atoms with Crippen LogP contribution in [0.2, 0.25) is 0 Å². The Morgan fingerprint density at radius 1 is 0.981 bits per heavy atom. The maximum Gasteiger partial charge on any atom is 0.312 e. The molecule has 0 saturated carbocycles. The Bertz CT molecular complexity index is 1900. The summed E-state index contributed by atoms with van der Waals surface area (Å²) in [5.74, 6) is -6.03. The first kappa shape index (κ1) is 38.6. The van der Waals surface area contributed by atoms with Gasteiger partial charge in [0.1, 0.15) is 34.9 Å². The van der Waals surface area contributed by atoms with Gasteiger partial charge in [-0.1, -0.05) is 45.9 Å². The van der Waals surface area contributed by atoms with Crippen LogP contribution >= 0.6 is 0 Å². The van der Waals surface area contributed by atoms with E-state index in [4.69, 9.17) is 23.9 Å². The SMILES string of the molecule is COC1C=COC2(C)Oc3c(C)c(O)c4c(O)c5c(c(O)c4c3C2=O)CN(C)C(=N5)C(C)=CC=CC(C)C(O)C(C)C(O)C(C)C(OC(C)=O)C1C. The van der Waals surface area contributed by atoms with Crippen molar-refractivity contribution in [1.82, 2.24) is 4.90 Å². The van der Waals surface area contributed by atoms with Gasteiger partial charge in [0.2, 0.25) is 0 Å². The highest BCUT2D eigenvalue weighted by atomic mass is 16.7. The maximum absolute atomic E-state index is 14.2. The predicted octanol–water partition coefficient (Wildman–Crippen LogP) is 5.29. The Balaban J connectivity index is 1.70. The summed E-state index contributed by atoms with van der Waals surface area (Å²) < 4.78 is 23.5. The number of aliphatic hydroxyl groups excluding tert-OH is 2. The highest BCUT2D eigenvalue weighted by Crippen LogP contribution is 2.56. The van der Waals surface area contributed by atoms with E-state index >= 15 is 0 Å². The van der Waals surface area contributed by atoms with Crippen molar-refractivity contribution in [3.05, 3.63) is 52.8 Å². The average Bonchev–Trinajstić information content (AvgIpc) is 3.36. The van der Waals surface area contributed by atoms with Crippen LogP contribution in [-0.4, -0.2) is 92.4 Å². The van der Waals surface area contributed by atoms with E-state index in [0.29, 0.717) is 11.4 Å². The van der Waals surface area contributed by atoms with Crippen molar-refractivity contribution in [2.45, 2.75) is 92.1 Å². The normalized spacial score (nSPS) is 31.1. The van der Waals surface area contributed by atoms with E-state index < -0.39 is 71.2 Å². The molecule has 7 bridgehead atoms. The zero-order valence-electron chi connectivity index (χ0n) is 31.3. The van der Waals surface area contributed by atoms with Gasteiger partial charge in [-0.15, -0.1) is 0 Å². The number of Topliss-reactive ketones (excluding diaryl/α,β-unsaturated/α-hetero) is 1. The number of hydrogen-bond donors (Lipinski definition) is 5. The number of aliphatic hydroxyl groups is 2. The summed E-state index contributed by atoms with van der Waals surface area (Å²) in [5, 5.41) is 57.3. The number of allylic oxidation sites excluding steroid dienone is 2. The number of carbonyl (C=O) groups is 2. The molecule has 2 aromatic rings. The van der Waals surface area contributed by atoms with Crippen molar-refractivity contribution in [3.63, 3.8) is 0 Å². The third-order valence-electron chi connectivity index (χ3n) is 10.8. The van der Waals surface area contributed by atoms with Gasteiger partial charge in [0.25, 0.3) is 5.78 Å². The Kier molecular flexibility index (Phi) is 10.7. The van der Waals surface area contributed by atoms with Crippen molar-refractivity contribution < 1.29 is 54.1 Å². The number of ether oxygens (including phenoxy) is 4. The van der Waals surface area contributed by atoms with E-state index in [1.807, 2.05) is 13.8 Å². The molecule has 13 heteroatoms. The first-order valence-corrected chi connectivity index (χ1v) is 17.4. The molecular formula is C39H50N2O11. The number of ketones is 1. The molecule has 0 radical (unpaired) electrons. The van der Waals surface area contributed by atoms with Crippen LogP contribution < -0.4 is 4.74 Å². The van der Waals surface area contributed by atoms with Gasteiger partial charge in [-0.05, 0) is 25.5 Å². The number of methoxy groups -OCH3 is 1. The van der Waals surface area contributed by atoms with Gasteiger partial charge in [-0.2, -0.15) is 0 Å². The number of benzene rings is 2. The third-order valence-corrected chi connectivity index (χ3v) is 10.8. The molecule has 282 valence electrons. The minimum atomic E-state index is -1.95. The number of fused-ring (bicyclic) bond motifs is 1. The standard InChI is InChI=1S/C39H50N2O11/c1-17-12-11-13-18(2)38-40-29-24(16-41(38)9)33(46)26-27(34(29)47)32(45)22(6)36-28(26)37(48)39(8,52-36)50-15-14-25(49-10)19(3)35(51-23(7)42)21(5)31(44)20(4)30(17)43/h11-15,17,19-21,25,30-31,35,43-47H,16H2,1-10H3. The molecular weight excluding hydrogens is 672 g/mol. The minimum absolute atomic E-state index is 0.00933. The summed E-state index contributed by atoms with van der Waals surface area (Å²) in [6.07, 6.45) is 4.50. The van der Waals surface area contributed by atoms with Crippen LogP contribution in [0.1, 0.15) is 70.0 Å². The number of phenols is 3. The Hall–Kier alpha value is -4.59. The van der Waals surface area contributed by atoms with Crippen LogP contribution in [-0.2, 0) is 25.5 Å². The van der Waals surface area contributed by atoms with Crippen LogP contribution in [0.15, 0.2) is 41.1 Å². The minimum Gasteiger partial charge on any atom is -0.507 e. The molecule has 2 aromatic carbocycles. The predicted molar refractivity (Wildman–Crippen MR) is 194 cm³/mol. The van der Waals surface area contributed by atoms with Crippen molar-refractivity contribution in [3.8, 4) is 23.0 Å². The van der Waals surface area contributed by atoms with E-state index in [0.717, 1.165) is 0 Å². The molecule has 5 aliphatic rings. The molecule has 9 unspecified atom stereocenters. The summed E-state index contributed by atoms with van der Waals surface area (Å²) in [7, 11) is 3.22.